The molecule has 0 unspecified atom stereocenters. The standard InChI is InChI=1S/C30H50O6/c1-5-9-17-32-23-25-21-27(36-26-16-14-13-15-24(26)22-31)29(34-19-11-7-3)30(35-20-12-8-4)28(25)33-18-10-6-2/h13-16,22,25,27-30H,5-12,17-21,23H2,1-4H3/t25-,27-,28-,29+,30+/m1/s1. The van der Waals surface area contributed by atoms with Crippen LogP contribution in [0.15, 0.2) is 24.3 Å². The zero-order valence-corrected chi connectivity index (χ0v) is 23.1. The first kappa shape index (κ1) is 30.8. The third-order valence-corrected chi connectivity index (χ3v) is 6.74. The van der Waals surface area contributed by atoms with E-state index in [1.54, 1.807) is 6.07 Å². The van der Waals surface area contributed by atoms with Gasteiger partial charge in [0.1, 0.15) is 24.1 Å². The Morgan fingerprint density at radius 1 is 0.750 bits per heavy atom. The lowest BCUT2D eigenvalue weighted by molar-refractivity contribution is -0.211. The molecule has 0 bridgehead atoms. The maximum Gasteiger partial charge on any atom is 0.153 e. The van der Waals surface area contributed by atoms with Crippen molar-refractivity contribution in [1.29, 1.82) is 0 Å². The monoisotopic (exact) mass is 506 g/mol. The number of aldehydes is 1. The van der Waals surface area contributed by atoms with Gasteiger partial charge in [-0.15, -0.1) is 0 Å². The van der Waals surface area contributed by atoms with Crippen molar-refractivity contribution in [2.45, 2.75) is 110 Å². The summed E-state index contributed by atoms with van der Waals surface area (Å²) in [4.78, 5) is 11.7. The molecule has 1 aliphatic carbocycles. The minimum absolute atomic E-state index is 0.116. The van der Waals surface area contributed by atoms with Gasteiger partial charge in [-0.3, -0.25) is 4.79 Å². The van der Waals surface area contributed by atoms with Crippen LogP contribution in [0.5, 0.6) is 5.75 Å². The molecule has 0 heterocycles. The Labute approximate surface area is 219 Å². The van der Waals surface area contributed by atoms with E-state index in [1.807, 2.05) is 18.2 Å². The Balaban J connectivity index is 2.35. The van der Waals surface area contributed by atoms with E-state index in [1.165, 1.54) is 0 Å². The van der Waals surface area contributed by atoms with E-state index in [4.69, 9.17) is 23.7 Å². The summed E-state index contributed by atoms with van der Waals surface area (Å²) in [6.45, 7) is 12.0. The molecule has 36 heavy (non-hydrogen) atoms. The number of para-hydroxylation sites is 1. The van der Waals surface area contributed by atoms with Gasteiger partial charge in [-0.05, 0) is 44.2 Å². The Kier molecular flexibility index (Phi) is 16.0. The first-order chi connectivity index (χ1) is 17.7. The number of carbonyl (C=O) groups is 1. The van der Waals surface area contributed by atoms with Gasteiger partial charge in [-0.25, -0.2) is 0 Å². The second kappa shape index (κ2) is 18.7. The molecular weight excluding hydrogens is 456 g/mol. The highest BCUT2D eigenvalue weighted by atomic mass is 16.6. The highest BCUT2D eigenvalue weighted by Crippen LogP contribution is 2.35. The van der Waals surface area contributed by atoms with Crippen LogP contribution >= 0.6 is 0 Å². The lowest BCUT2D eigenvalue weighted by atomic mass is 9.80. The van der Waals surface area contributed by atoms with Crippen molar-refractivity contribution in [1.82, 2.24) is 0 Å². The number of carbonyl (C=O) groups excluding carboxylic acids is 1. The summed E-state index contributed by atoms with van der Waals surface area (Å²) in [7, 11) is 0. The van der Waals surface area contributed by atoms with Crippen LogP contribution in [0.4, 0.5) is 0 Å². The molecule has 206 valence electrons. The van der Waals surface area contributed by atoms with Gasteiger partial charge < -0.3 is 23.7 Å². The van der Waals surface area contributed by atoms with Crippen molar-refractivity contribution in [3.05, 3.63) is 29.8 Å². The van der Waals surface area contributed by atoms with Crippen molar-refractivity contribution >= 4 is 6.29 Å². The number of benzene rings is 1. The molecule has 6 heteroatoms. The van der Waals surface area contributed by atoms with Gasteiger partial charge >= 0.3 is 0 Å². The SMILES string of the molecule is CCCCOC[C@H]1C[C@@H](Oc2ccccc2C=O)[C@H](OCCCC)[C@@H](OCCCC)[C@@H]1OCCCC. The van der Waals surface area contributed by atoms with E-state index >= 15 is 0 Å². The molecule has 0 spiro atoms. The number of unbranched alkanes of at least 4 members (excludes halogenated alkanes) is 4. The van der Waals surface area contributed by atoms with Crippen LogP contribution in [-0.4, -0.2) is 63.7 Å². The molecule has 5 atom stereocenters. The van der Waals surface area contributed by atoms with E-state index < -0.39 is 0 Å². The van der Waals surface area contributed by atoms with Crippen LogP contribution in [-0.2, 0) is 18.9 Å². The first-order valence-electron chi connectivity index (χ1n) is 14.3. The summed E-state index contributed by atoms with van der Waals surface area (Å²) in [5.74, 6) is 0.703. The summed E-state index contributed by atoms with van der Waals surface area (Å²) in [6.07, 6.45) is 8.95. The van der Waals surface area contributed by atoms with Gasteiger partial charge in [-0.2, -0.15) is 0 Å². The Morgan fingerprint density at radius 3 is 1.92 bits per heavy atom. The number of ether oxygens (including phenoxy) is 5. The molecule has 0 amide bonds. The van der Waals surface area contributed by atoms with Gasteiger partial charge in [0.2, 0.25) is 0 Å². The summed E-state index contributed by atoms with van der Waals surface area (Å²) >= 11 is 0. The molecule has 1 aliphatic rings. The highest BCUT2D eigenvalue weighted by Gasteiger charge is 2.48. The lowest BCUT2D eigenvalue weighted by Gasteiger charge is -2.46. The predicted molar refractivity (Wildman–Crippen MR) is 144 cm³/mol. The molecule has 1 saturated carbocycles. The van der Waals surface area contributed by atoms with Crippen LogP contribution in [0.3, 0.4) is 0 Å². The van der Waals surface area contributed by atoms with Crippen LogP contribution in [0.1, 0.15) is 95.8 Å². The van der Waals surface area contributed by atoms with E-state index in [9.17, 15) is 4.79 Å². The summed E-state index contributed by atoms with van der Waals surface area (Å²) in [5, 5.41) is 0. The zero-order chi connectivity index (χ0) is 26.0. The lowest BCUT2D eigenvalue weighted by Crippen LogP contribution is -2.59. The van der Waals surface area contributed by atoms with E-state index in [0.29, 0.717) is 37.7 Å². The van der Waals surface area contributed by atoms with Crippen molar-refractivity contribution in [3.8, 4) is 5.75 Å². The van der Waals surface area contributed by atoms with Gasteiger partial charge in [0.25, 0.3) is 0 Å². The molecular formula is C30H50O6. The normalized spacial score (nSPS) is 24.1. The van der Waals surface area contributed by atoms with Crippen molar-refractivity contribution in [2.24, 2.45) is 5.92 Å². The molecule has 0 aromatic heterocycles. The van der Waals surface area contributed by atoms with E-state index in [-0.39, 0.29) is 30.3 Å². The average Bonchev–Trinajstić information content (AvgIpc) is 2.89. The predicted octanol–water partition coefficient (Wildman–Crippen LogP) is 6.64. The maximum absolute atomic E-state index is 11.7. The number of hydrogen-bond donors (Lipinski definition) is 0. The third-order valence-electron chi connectivity index (χ3n) is 6.74. The Hall–Kier alpha value is -1.47. The van der Waals surface area contributed by atoms with Gasteiger partial charge in [0.15, 0.2) is 6.29 Å². The van der Waals surface area contributed by atoms with Gasteiger partial charge in [0.05, 0.1) is 18.3 Å². The largest absolute Gasteiger partial charge is 0.487 e. The number of rotatable bonds is 20. The molecule has 1 aromatic rings. The molecule has 0 aliphatic heterocycles. The Bertz CT molecular complexity index is 696. The van der Waals surface area contributed by atoms with Crippen molar-refractivity contribution < 1.29 is 28.5 Å². The molecule has 2 rings (SSSR count). The average molecular weight is 507 g/mol. The van der Waals surface area contributed by atoms with Crippen LogP contribution in [0, 0.1) is 5.92 Å². The highest BCUT2D eigenvalue weighted by molar-refractivity contribution is 5.79. The third kappa shape index (κ3) is 10.1. The van der Waals surface area contributed by atoms with Crippen molar-refractivity contribution in [2.75, 3.05) is 33.0 Å². The second-order valence-electron chi connectivity index (χ2n) is 9.80. The molecule has 0 saturated heterocycles. The minimum Gasteiger partial charge on any atom is -0.487 e. The minimum atomic E-state index is -0.286. The fourth-order valence-corrected chi connectivity index (χ4v) is 4.55. The first-order valence-corrected chi connectivity index (χ1v) is 14.3. The summed E-state index contributed by atoms with van der Waals surface area (Å²) in [6, 6.07) is 7.40. The van der Waals surface area contributed by atoms with Crippen molar-refractivity contribution in [3.63, 3.8) is 0 Å². The summed E-state index contributed by atoms with van der Waals surface area (Å²) < 4.78 is 32.2. The van der Waals surface area contributed by atoms with E-state index in [0.717, 1.165) is 70.7 Å². The maximum atomic E-state index is 11.7. The van der Waals surface area contributed by atoms with Gasteiger partial charge in [0, 0.05) is 32.3 Å². The fourth-order valence-electron chi connectivity index (χ4n) is 4.55. The smallest absolute Gasteiger partial charge is 0.153 e. The topological polar surface area (TPSA) is 63.2 Å². The molecule has 6 nitrogen and oxygen atoms in total. The van der Waals surface area contributed by atoms with Gasteiger partial charge in [-0.1, -0.05) is 65.5 Å². The summed E-state index contributed by atoms with van der Waals surface area (Å²) in [5.41, 5.74) is 0.547. The molecule has 0 N–H and O–H groups in total. The molecule has 0 radical (unpaired) electrons. The second-order valence-corrected chi connectivity index (χ2v) is 9.80. The Morgan fingerprint density at radius 2 is 1.31 bits per heavy atom. The molecule has 1 fully saturated rings. The quantitative estimate of drug-likeness (QED) is 0.146. The van der Waals surface area contributed by atoms with E-state index in [2.05, 4.69) is 27.7 Å². The fraction of sp³-hybridized carbons (Fsp3) is 0.767. The van der Waals surface area contributed by atoms with Crippen LogP contribution < -0.4 is 4.74 Å². The van der Waals surface area contributed by atoms with Crippen LogP contribution in [0.2, 0.25) is 0 Å². The zero-order valence-electron chi connectivity index (χ0n) is 23.1. The van der Waals surface area contributed by atoms with Crippen LogP contribution in [0.25, 0.3) is 0 Å². The number of hydrogen-bond acceptors (Lipinski definition) is 6. The molecule has 1 aromatic carbocycles.